The Morgan fingerprint density at radius 3 is 2.03 bits per heavy atom. The zero-order valence-electron chi connectivity index (χ0n) is 19.7. The van der Waals surface area contributed by atoms with Gasteiger partial charge >= 0.3 is 0 Å². The molecule has 11 heteroatoms. The minimum atomic E-state index is -3.85. The highest BCUT2D eigenvalue weighted by Gasteiger charge is 2.22. The highest BCUT2D eigenvalue weighted by atomic mass is 35.5. The second-order valence-electron chi connectivity index (χ2n) is 8.15. The largest absolute Gasteiger partial charge is 0.325 e. The maximum Gasteiger partial charge on any atom is 0.261 e. The molecule has 0 aliphatic carbocycles. The highest BCUT2D eigenvalue weighted by molar-refractivity contribution is 7.92. The lowest BCUT2D eigenvalue weighted by Crippen LogP contribution is -2.37. The third-order valence-electron chi connectivity index (χ3n) is 5.30. The standard InChI is InChI=1S/C24H26ClN3O5S2/c1-16-8-11-20(14-22(16)25)28(34(4,30)31)15-23(29)26-19-9-12-21(13-10-19)35(32,33)27-24-17(2)6-5-7-18(24)3/h5-14,27H,15H2,1-4H3,(H,26,29). The summed E-state index contributed by atoms with van der Waals surface area (Å²) in [5, 5.41) is 2.97. The van der Waals surface area contributed by atoms with Crippen LogP contribution in [0.5, 0.6) is 0 Å². The van der Waals surface area contributed by atoms with E-state index in [1.165, 1.54) is 30.3 Å². The van der Waals surface area contributed by atoms with Gasteiger partial charge in [0.2, 0.25) is 15.9 Å². The summed E-state index contributed by atoms with van der Waals surface area (Å²) in [4.78, 5) is 12.6. The number of carbonyl (C=O) groups excluding carboxylic acids is 1. The summed E-state index contributed by atoms with van der Waals surface area (Å²) in [7, 11) is -7.62. The van der Waals surface area contributed by atoms with Crippen LogP contribution in [0.2, 0.25) is 5.02 Å². The van der Waals surface area contributed by atoms with Crippen molar-refractivity contribution in [3.63, 3.8) is 0 Å². The van der Waals surface area contributed by atoms with E-state index in [1.807, 2.05) is 32.0 Å². The first-order valence-corrected chi connectivity index (χ1v) is 14.2. The van der Waals surface area contributed by atoms with Crippen molar-refractivity contribution in [3.05, 3.63) is 82.4 Å². The van der Waals surface area contributed by atoms with E-state index in [9.17, 15) is 21.6 Å². The third-order valence-corrected chi connectivity index (χ3v) is 8.21. The molecule has 1 amide bonds. The number of nitrogens with one attached hydrogen (secondary N) is 2. The van der Waals surface area contributed by atoms with Crippen LogP contribution in [0.25, 0.3) is 0 Å². The summed E-state index contributed by atoms with van der Waals surface area (Å²) in [6.07, 6.45) is 0.997. The molecule has 3 aromatic rings. The number of para-hydroxylation sites is 1. The van der Waals surface area contributed by atoms with Crippen molar-refractivity contribution in [2.24, 2.45) is 0 Å². The first-order chi connectivity index (χ1) is 16.3. The van der Waals surface area contributed by atoms with Crippen LogP contribution in [0.3, 0.4) is 0 Å². The zero-order chi connectivity index (χ0) is 26.0. The van der Waals surface area contributed by atoms with Crippen molar-refractivity contribution in [1.29, 1.82) is 0 Å². The van der Waals surface area contributed by atoms with Gasteiger partial charge < -0.3 is 5.32 Å². The van der Waals surface area contributed by atoms with Gasteiger partial charge in [-0.1, -0.05) is 35.9 Å². The van der Waals surface area contributed by atoms with E-state index in [1.54, 1.807) is 19.1 Å². The van der Waals surface area contributed by atoms with Crippen molar-refractivity contribution >= 4 is 54.6 Å². The average Bonchev–Trinajstić information content (AvgIpc) is 2.76. The zero-order valence-corrected chi connectivity index (χ0v) is 22.1. The molecule has 186 valence electrons. The van der Waals surface area contributed by atoms with Crippen LogP contribution in [-0.2, 0) is 24.8 Å². The highest BCUT2D eigenvalue weighted by Crippen LogP contribution is 2.26. The SMILES string of the molecule is Cc1ccc(N(CC(=O)Nc2ccc(S(=O)(=O)Nc3c(C)cccc3C)cc2)S(C)(=O)=O)cc1Cl. The third kappa shape index (κ3) is 6.53. The molecule has 0 saturated carbocycles. The smallest absolute Gasteiger partial charge is 0.261 e. The molecule has 0 fully saturated rings. The number of halogens is 1. The molecule has 0 saturated heterocycles. The van der Waals surface area contributed by atoms with Crippen LogP contribution < -0.4 is 14.3 Å². The Hall–Kier alpha value is -3.08. The van der Waals surface area contributed by atoms with Gasteiger partial charge in [0, 0.05) is 10.7 Å². The van der Waals surface area contributed by atoms with Gasteiger partial charge in [0.1, 0.15) is 6.54 Å². The van der Waals surface area contributed by atoms with Crippen molar-refractivity contribution in [3.8, 4) is 0 Å². The van der Waals surface area contributed by atoms with Gasteiger partial charge in [0.15, 0.2) is 0 Å². The number of nitrogens with zero attached hydrogens (tertiary/aromatic N) is 1. The van der Waals surface area contributed by atoms with Crippen molar-refractivity contribution in [2.45, 2.75) is 25.7 Å². The van der Waals surface area contributed by atoms with E-state index in [4.69, 9.17) is 11.6 Å². The van der Waals surface area contributed by atoms with Crippen LogP contribution in [0.1, 0.15) is 16.7 Å². The van der Waals surface area contributed by atoms with E-state index in [2.05, 4.69) is 10.0 Å². The number of amides is 1. The number of sulfonamides is 2. The Bertz CT molecular complexity index is 1450. The summed E-state index contributed by atoms with van der Waals surface area (Å²) in [6, 6.07) is 15.8. The van der Waals surface area contributed by atoms with E-state index in [0.29, 0.717) is 16.4 Å². The Morgan fingerprint density at radius 2 is 1.49 bits per heavy atom. The maximum atomic E-state index is 12.8. The maximum absolute atomic E-state index is 12.8. The van der Waals surface area contributed by atoms with Gasteiger partial charge in [-0.3, -0.25) is 13.8 Å². The Labute approximate surface area is 211 Å². The molecule has 35 heavy (non-hydrogen) atoms. The van der Waals surface area contributed by atoms with Crippen LogP contribution in [0.4, 0.5) is 17.1 Å². The molecule has 0 aliphatic rings. The summed E-state index contributed by atoms with van der Waals surface area (Å²) in [5.41, 5.74) is 3.46. The normalized spacial score (nSPS) is 11.7. The first kappa shape index (κ1) is 26.5. The molecule has 0 radical (unpaired) electrons. The van der Waals surface area contributed by atoms with Crippen molar-refractivity contribution in [1.82, 2.24) is 0 Å². The molecular weight excluding hydrogens is 510 g/mol. The lowest BCUT2D eigenvalue weighted by atomic mass is 10.1. The number of hydrogen-bond acceptors (Lipinski definition) is 5. The molecule has 0 unspecified atom stereocenters. The molecule has 0 aromatic heterocycles. The quantitative estimate of drug-likeness (QED) is 0.442. The van der Waals surface area contributed by atoms with E-state index >= 15 is 0 Å². The number of hydrogen-bond donors (Lipinski definition) is 2. The van der Waals surface area contributed by atoms with E-state index < -0.39 is 32.5 Å². The molecule has 2 N–H and O–H groups in total. The lowest BCUT2D eigenvalue weighted by Gasteiger charge is -2.22. The molecule has 3 aromatic carbocycles. The Balaban J connectivity index is 1.75. The molecular formula is C24H26ClN3O5S2. The lowest BCUT2D eigenvalue weighted by molar-refractivity contribution is -0.114. The minimum Gasteiger partial charge on any atom is -0.325 e. The Morgan fingerprint density at radius 1 is 0.886 bits per heavy atom. The summed E-state index contributed by atoms with van der Waals surface area (Å²) in [5.74, 6) is -0.601. The van der Waals surface area contributed by atoms with Crippen LogP contribution in [0.15, 0.2) is 65.6 Å². The molecule has 0 spiro atoms. The number of carbonyl (C=O) groups is 1. The topological polar surface area (TPSA) is 113 Å². The second-order valence-corrected chi connectivity index (χ2v) is 12.1. The van der Waals surface area contributed by atoms with Gasteiger partial charge in [-0.05, 0) is 73.9 Å². The molecule has 8 nitrogen and oxygen atoms in total. The molecule has 0 bridgehead atoms. The van der Waals surface area contributed by atoms with Gasteiger partial charge in [0.25, 0.3) is 10.0 Å². The van der Waals surface area contributed by atoms with Gasteiger partial charge in [-0.15, -0.1) is 0 Å². The number of rotatable bonds is 8. The fourth-order valence-electron chi connectivity index (χ4n) is 3.35. The summed E-state index contributed by atoms with van der Waals surface area (Å²) in [6.45, 7) is 4.93. The molecule has 0 heterocycles. The average molecular weight is 536 g/mol. The van der Waals surface area contributed by atoms with Gasteiger partial charge in [-0.25, -0.2) is 16.8 Å². The summed E-state index contributed by atoms with van der Waals surface area (Å²) < 4.78 is 53.8. The van der Waals surface area contributed by atoms with Crippen LogP contribution in [0, 0.1) is 20.8 Å². The Kier molecular flexibility index (Phi) is 7.78. The number of benzene rings is 3. The minimum absolute atomic E-state index is 0.0187. The number of aryl methyl sites for hydroxylation is 3. The monoisotopic (exact) mass is 535 g/mol. The van der Waals surface area contributed by atoms with Crippen molar-refractivity contribution in [2.75, 3.05) is 27.1 Å². The fraction of sp³-hybridized carbons (Fsp3) is 0.208. The van der Waals surface area contributed by atoms with Gasteiger partial charge in [-0.2, -0.15) is 0 Å². The number of anilines is 3. The summed E-state index contributed by atoms with van der Waals surface area (Å²) >= 11 is 6.12. The van der Waals surface area contributed by atoms with Crippen molar-refractivity contribution < 1.29 is 21.6 Å². The van der Waals surface area contributed by atoms with Gasteiger partial charge in [0.05, 0.1) is 22.5 Å². The molecule has 0 atom stereocenters. The fourth-order valence-corrected chi connectivity index (χ4v) is 5.58. The van der Waals surface area contributed by atoms with Crippen LogP contribution >= 0.6 is 11.6 Å². The van der Waals surface area contributed by atoms with E-state index in [-0.39, 0.29) is 10.6 Å². The predicted molar refractivity (Wildman–Crippen MR) is 140 cm³/mol. The molecule has 3 rings (SSSR count). The second kappa shape index (κ2) is 10.3. The first-order valence-electron chi connectivity index (χ1n) is 10.5. The molecule has 0 aliphatic heterocycles. The predicted octanol–water partition coefficient (Wildman–Crippen LogP) is 4.47. The van der Waals surface area contributed by atoms with E-state index in [0.717, 1.165) is 27.3 Å². The van der Waals surface area contributed by atoms with Crippen LogP contribution in [-0.4, -0.2) is 35.5 Å².